The molecule has 6 aromatic rings. The maximum atomic E-state index is 7.05. The van der Waals surface area contributed by atoms with Crippen molar-refractivity contribution in [3.05, 3.63) is 94.4 Å². The summed E-state index contributed by atoms with van der Waals surface area (Å²) in [6, 6.07) is 16.7. The van der Waals surface area contributed by atoms with Gasteiger partial charge in [0.1, 0.15) is 4.60 Å². The summed E-state index contributed by atoms with van der Waals surface area (Å²) in [6.45, 7) is 14.6. The fraction of sp³-hybridized carbons (Fsp3) is 0.207. The second-order valence-corrected chi connectivity index (χ2v) is 9.59. The highest BCUT2D eigenvalue weighted by Gasteiger charge is 2.20. The molecule has 0 amide bonds. The van der Waals surface area contributed by atoms with Gasteiger partial charge in [-0.15, -0.1) is 0 Å². The SMILES string of the molecule is C.Nc1ccc2[nH]ncc2c1.[B].[C-]#[N+]c1ccc2[nH]ncc2c1.[C-]#[N+]c1ccc2c(c1)c(Br)nn2C1CCCCO1. The number of halogens is 1. The standard InChI is InChI=1S/C13H12BrN3O.C8H5N3.C7H7N3.CH4.B/c1-15-9-5-6-11-10(8-9)13(14)16-17(11)12-4-2-3-7-18-12;1-9-7-2-3-8-6(4-7)5-10-11-8;8-6-1-2-7-5(3-6)4-9-10-7;;/h5-6,8,12H,2-4,7H2;2-5H,(H,10,11);1-4H,8H2,(H,9,10);1H4;. The van der Waals surface area contributed by atoms with Crippen LogP contribution in [0.15, 0.2) is 71.6 Å². The number of fused-ring (bicyclic) bond motifs is 3. The van der Waals surface area contributed by atoms with Crippen molar-refractivity contribution in [2.24, 2.45) is 0 Å². The first-order valence-corrected chi connectivity index (χ1v) is 13.0. The molecule has 4 N–H and O–H groups in total. The Kier molecular flexibility index (Phi) is 10.6. The van der Waals surface area contributed by atoms with Crippen molar-refractivity contribution >= 4 is 74.1 Å². The number of nitrogens with one attached hydrogen (secondary N) is 2. The quantitative estimate of drug-likeness (QED) is 0.101. The zero-order chi connectivity index (χ0) is 27.2. The highest BCUT2D eigenvalue weighted by atomic mass is 79.9. The Balaban J connectivity index is 0.000000175. The van der Waals surface area contributed by atoms with Crippen LogP contribution in [0.4, 0.5) is 17.1 Å². The monoisotopic (exact) mass is 608 g/mol. The molecule has 41 heavy (non-hydrogen) atoms. The Bertz CT molecular complexity index is 1820. The van der Waals surface area contributed by atoms with Crippen LogP contribution in [0.2, 0.25) is 0 Å². The number of anilines is 1. The molecule has 3 aromatic heterocycles. The smallest absolute Gasteiger partial charge is 0.188 e. The van der Waals surface area contributed by atoms with Gasteiger partial charge in [-0.2, -0.15) is 15.3 Å². The fourth-order valence-electron chi connectivity index (χ4n) is 4.26. The highest BCUT2D eigenvalue weighted by molar-refractivity contribution is 9.10. The molecule has 1 fully saturated rings. The number of H-pyrrole nitrogens is 2. The zero-order valence-corrected chi connectivity index (χ0v) is 23.0. The lowest BCUT2D eigenvalue weighted by atomic mass is 10.2. The van der Waals surface area contributed by atoms with E-state index in [9.17, 15) is 0 Å². The second kappa shape index (κ2) is 14.1. The second-order valence-electron chi connectivity index (χ2n) is 8.84. The number of rotatable bonds is 1. The molecule has 0 bridgehead atoms. The van der Waals surface area contributed by atoms with E-state index >= 15 is 0 Å². The van der Waals surface area contributed by atoms with Crippen LogP contribution >= 0.6 is 15.9 Å². The number of aromatic amines is 2. The third-order valence-electron chi connectivity index (χ3n) is 6.22. The van der Waals surface area contributed by atoms with E-state index in [1.54, 1.807) is 18.5 Å². The summed E-state index contributed by atoms with van der Waals surface area (Å²) >= 11 is 3.46. The van der Waals surface area contributed by atoms with Crippen molar-refractivity contribution in [3.63, 3.8) is 0 Å². The molecule has 0 aliphatic carbocycles. The van der Waals surface area contributed by atoms with E-state index in [4.69, 9.17) is 23.6 Å². The molecule has 0 spiro atoms. The number of nitrogens with two attached hydrogens (primary N) is 1. The van der Waals surface area contributed by atoms with Crippen LogP contribution in [0.5, 0.6) is 0 Å². The average molecular weight is 609 g/mol. The molecule has 1 aliphatic rings. The van der Waals surface area contributed by atoms with Gasteiger partial charge in [-0.25, -0.2) is 14.4 Å². The molecule has 0 saturated carbocycles. The summed E-state index contributed by atoms with van der Waals surface area (Å²) in [7, 11) is 0. The van der Waals surface area contributed by atoms with Crippen LogP contribution in [0.3, 0.4) is 0 Å². The van der Waals surface area contributed by atoms with Crippen molar-refractivity contribution in [2.75, 3.05) is 12.3 Å². The lowest BCUT2D eigenvalue weighted by molar-refractivity contribution is -0.0368. The minimum absolute atomic E-state index is 0. The number of hydrogen-bond donors (Lipinski definition) is 3. The van der Waals surface area contributed by atoms with Crippen molar-refractivity contribution < 1.29 is 4.74 Å². The normalized spacial score (nSPS) is 13.9. The Labute approximate surface area is 248 Å². The molecule has 10 nitrogen and oxygen atoms in total. The minimum Gasteiger partial charge on any atom is -0.399 e. The Morgan fingerprint density at radius 2 is 1.54 bits per heavy atom. The first-order valence-electron chi connectivity index (χ1n) is 12.2. The van der Waals surface area contributed by atoms with Gasteiger partial charge in [0, 0.05) is 36.9 Å². The van der Waals surface area contributed by atoms with Crippen LogP contribution in [-0.4, -0.2) is 45.2 Å². The topological polar surface area (TPSA) is 119 Å². The van der Waals surface area contributed by atoms with Crippen LogP contribution in [0.1, 0.15) is 32.9 Å². The Morgan fingerprint density at radius 1 is 0.902 bits per heavy atom. The van der Waals surface area contributed by atoms with Gasteiger partial charge in [-0.3, -0.25) is 10.2 Å². The summed E-state index contributed by atoms with van der Waals surface area (Å²) in [5.74, 6) is 0. The third-order valence-corrected chi connectivity index (χ3v) is 6.81. The van der Waals surface area contributed by atoms with Gasteiger partial charge in [0.05, 0.1) is 42.1 Å². The summed E-state index contributed by atoms with van der Waals surface area (Å²) in [6.07, 6.45) is 6.78. The van der Waals surface area contributed by atoms with Crippen LogP contribution < -0.4 is 5.73 Å². The first-order chi connectivity index (χ1) is 19.1. The van der Waals surface area contributed by atoms with Gasteiger partial charge in [0.2, 0.25) is 0 Å². The fourth-order valence-corrected chi connectivity index (χ4v) is 4.75. The van der Waals surface area contributed by atoms with E-state index in [0.29, 0.717) is 11.4 Å². The number of aromatic nitrogens is 6. The van der Waals surface area contributed by atoms with Gasteiger partial charge in [-0.05, 0) is 77.7 Å². The van der Waals surface area contributed by atoms with E-state index in [1.807, 2.05) is 53.2 Å². The zero-order valence-electron chi connectivity index (χ0n) is 21.4. The van der Waals surface area contributed by atoms with Gasteiger partial charge in [-0.1, -0.05) is 19.6 Å². The molecule has 4 heterocycles. The molecular formula is C29H28BBrN9O. The van der Waals surface area contributed by atoms with E-state index in [2.05, 4.69) is 51.1 Å². The number of nitrogens with zero attached hydrogens (tertiary/aromatic N) is 6. The van der Waals surface area contributed by atoms with Gasteiger partial charge >= 0.3 is 0 Å². The minimum atomic E-state index is 0. The molecule has 1 aliphatic heterocycles. The van der Waals surface area contributed by atoms with Crippen LogP contribution in [0.25, 0.3) is 42.4 Å². The number of benzene rings is 3. The molecule has 3 aromatic carbocycles. The maximum absolute atomic E-state index is 7.05. The van der Waals surface area contributed by atoms with Crippen LogP contribution in [0, 0.1) is 13.1 Å². The molecule has 1 atom stereocenters. The molecule has 1 unspecified atom stereocenters. The van der Waals surface area contributed by atoms with E-state index in [0.717, 1.165) is 62.4 Å². The predicted molar refractivity (Wildman–Crippen MR) is 168 cm³/mol. The van der Waals surface area contributed by atoms with Crippen molar-refractivity contribution in [1.29, 1.82) is 0 Å². The van der Waals surface area contributed by atoms with E-state index < -0.39 is 0 Å². The van der Waals surface area contributed by atoms with E-state index in [-0.39, 0.29) is 22.1 Å². The summed E-state index contributed by atoms with van der Waals surface area (Å²) < 4.78 is 8.46. The Hall–Kier alpha value is -4.65. The van der Waals surface area contributed by atoms with Gasteiger partial charge in [0.15, 0.2) is 17.6 Å². The number of hydrogen-bond acceptors (Lipinski definition) is 5. The third kappa shape index (κ3) is 7.11. The van der Waals surface area contributed by atoms with Gasteiger partial charge in [0.25, 0.3) is 0 Å². The largest absolute Gasteiger partial charge is 0.399 e. The maximum Gasteiger partial charge on any atom is 0.188 e. The molecule has 3 radical (unpaired) electrons. The molecular weight excluding hydrogens is 581 g/mol. The number of nitrogen functional groups attached to an aromatic ring is 1. The number of ether oxygens (including phenoxy) is 1. The molecule has 12 heteroatoms. The average Bonchev–Trinajstić information content (AvgIpc) is 3.72. The van der Waals surface area contributed by atoms with E-state index in [1.165, 1.54) is 6.42 Å². The Morgan fingerprint density at radius 3 is 2.20 bits per heavy atom. The summed E-state index contributed by atoms with van der Waals surface area (Å²) in [4.78, 5) is 6.75. The first kappa shape index (κ1) is 30.9. The summed E-state index contributed by atoms with van der Waals surface area (Å²) in [5.41, 5.74) is 10.6. The summed E-state index contributed by atoms with van der Waals surface area (Å²) in [5, 5.41) is 20.9. The molecule has 205 valence electrons. The van der Waals surface area contributed by atoms with Crippen LogP contribution in [-0.2, 0) is 4.74 Å². The van der Waals surface area contributed by atoms with Gasteiger partial charge < -0.3 is 10.5 Å². The van der Waals surface area contributed by atoms with Crippen molar-refractivity contribution in [1.82, 2.24) is 30.2 Å². The predicted octanol–water partition coefficient (Wildman–Crippen LogP) is 7.56. The lowest BCUT2D eigenvalue weighted by Gasteiger charge is -2.23. The molecule has 7 rings (SSSR count). The highest BCUT2D eigenvalue weighted by Crippen LogP contribution is 2.32. The lowest BCUT2D eigenvalue weighted by Crippen LogP contribution is -2.18. The van der Waals surface area contributed by atoms with Crippen molar-refractivity contribution in [3.8, 4) is 0 Å². The van der Waals surface area contributed by atoms with Crippen molar-refractivity contribution in [2.45, 2.75) is 32.9 Å². The molecule has 1 saturated heterocycles.